The molecule has 180 valence electrons. The highest BCUT2D eigenvalue weighted by molar-refractivity contribution is 5.98. The van der Waals surface area contributed by atoms with Crippen LogP contribution in [-0.4, -0.2) is 24.2 Å². The predicted octanol–water partition coefficient (Wildman–Crippen LogP) is 5.52. The standard InChI is InChI=1S/C28H33NO5/c1-19(29-27(31)33-18-21-12-8-5-9-13-21)22-14-25(32-17-20-10-6-4-7-11-20)34-24-16-28(2,3)15-23(30)26(22)24/h4-13,19,22,25H,14-18H2,1-3H3,(H,29,31). The summed E-state index contributed by atoms with van der Waals surface area (Å²) in [6, 6.07) is 19.1. The van der Waals surface area contributed by atoms with Crippen LogP contribution in [0.15, 0.2) is 72.0 Å². The van der Waals surface area contributed by atoms with E-state index in [-0.39, 0.29) is 29.8 Å². The van der Waals surface area contributed by atoms with Crippen molar-refractivity contribution in [3.05, 3.63) is 83.1 Å². The highest BCUT2D eigenvalue weighted by atomic mass is 16.7. The smallest absolute Gasteiger partial charge is 0.407 e. The maximum Gasteiger partial charge on any atom is 0.407 e. The molecule has 3 unspecified atom stereocenters. The lowest BCUT2D eigenvalue weighted by molar-refractivity contribution is -0.154. The third kappa shape index (κ3) is 6.06. The van der Waals surface area contributed by atoms with Gasteiger partial charge in [0, 0.05) is 36.8 Å². The molecule has 0 bridgehead atoms. The summed E-state index contributed by atoms with van der Waals surface area (Å²) in [6.45, 7) is 6.66. The molecule has 1 N–H and O–H groups in total. The largest absolute Gasteiger partial charge is 0.469 e. The summed E-state index contributed by atoms with van der Waals surface area (Å²) in [7, 11) is 0. The fraction of sp³-hybridized carbons (Fsp3) is 0.429. The van der Waals surface area contributed by atoms with Crippen LogP contribution in [0.2, 0.25) is 0 Å². The van der Waals surface area contributed by atoms with E-state index in [1.807, 2.05) is 67.6 Å². The van der Waals surface area contributed by atoms with Gasteiger partial charge in [-0.25, -0.2) is 4.79 Å². The van der Waals surface area contributed by atoms with Crippen LogP contribution in [0.25, 0.3) is 0 Å². The van der Waals surface area contributed by atoms with Crippen LogP contribution in [0.4, 0.5) is 4.79 Å². The summed E-state index contributed by atoms with van der Waals surface area (Å²) in [4.78, 5) is 25.6. The summed E-state index contributed by atoms with van der Waals surface area (Å²) in [5, 5.41) is 2.93. The molecule has 6 nitrogen and oxygen atoms in total. The number of carbonyl (C=O) groups excluding carboxylic acids is 2. The van der Waals surface area contributed by atoms with Crippen molar-refractivity contribution in [1.82, 2.24) is 5.32 Å². The maximum atomic E-state index is 13.1. The first-order valence-electron chi connectivity index (χ1n) is 11.9. The molecule has 1 aliphatic carbocycles. The number of Topliss-reactive ketones (excluding diaryl/α,β-unsaturated/α-hetero) is 1. The Labute approximate surface area is 201 Å². The van der Waals surface area contributed by atoms with Crippen LogP contribution < -0.4 is 5.32 Å². The SMILES string of the molecule is CC(NC(=O)OCc1ccccc1)C1CC(OCc2ccccc2)OC2=C1C(=O)CC(C)(C)C2. The average Bonchev–Trinajstić information content (AvgIpc) is 2.81. The normalized spacial score (nSPS) is 22.4. The number of ether oxygens (including phenoxy) is 3. The molecule has 34 heavy (non-hydrogen) atoms. The first-order chi connectivity index (χ1) is 16.3. The Morgan fingerprint density at radius 2 is 1.65 bits per heavy atom. The summed E-state index contributed by atoms with van der Waals surface area (Å²) in [5.41, 5.74) is 2.49. The zero-order valence-corrected chi connectivity index (χ0v) is 20.1. The van der Waals surface area contributed by atoms with E-state index in [0.29, 0.717) is 37.2 Å². The Balaban J connectivity index is 1.45. The van der Waals surface area contributed by atoms with Crippen LogP contribution in [0.1, 0.15) is 51.2 Å². The molecule has 0 spiro atoms. The monoisotopic (exact) mass is 463 g/mol. The summed E-state index contributed by atoms with van der Waals surface area (Å²) >= 11 is 0. The molecular formula is C28H33NO5. The van der Waals surface area contributed by atoms with Crippen molar-refractivity contribution >= 4 is 11.9 Å². The van der Waals surface area contributed by atoms with Gasteiger partial charge in [0.2, 0.25) is 0 Å². The van der Waals surface area contributed by atoms with Gasteiger partial charge in [-0.2, -0.15) is 0 Å². The number of benzene rings is 2. The molecule has 2 aliphatic rings. The Bertz CT molecular complexity index is 1030. The molecule has 4 rings (SSSR count). The lowest BCUT2D eigenvalue weighted by Crippen LogP contribution is -2.46. The van der Waals surface area contributed by atoms with Gasteiger partial charge in [-0.05, 0) is 23.5 Å². The number of hydrogen-bond acceptors (Lipinski definition) is 5. The molecular weight excluding hydrogens is 430 g/mol. The van der Waals surface area contributed by atoms with Gasteiger partial charge in [0.05, 0.1) is 6.61 Å². The molecule has 0 saturated carbocycles. The van der Waals surface area contributed by atoms with Crippen LogP contribution in [0.3, 0.4) is 0 Å². The third-order valence-electron chi connectivity index (χ3n) is 6.41. The highest BCUT2D eigenvalue weighted by Gasteiger charge is 2.44. The van der Waals surface area contributed by atoms with E-state index < -0.39 is 12.4 Å². The van der Waals surface area contributed by atoms with Crippen molar-refractivity contribution < 1.29 is 23.8 Å². The van der Waals surface area contributed by atoms with E-state index in [1.54, 1.807) is 0 Å². The van der Waals surface area contributed by atoms with E-state index in [4.69, 9.17) is 14.2 Å². The van der Waals surface area contributed by atoms with Crippen molar-refractivity contribution in [2.75, 3.05) is 0 Å². The van der Waals surface area contributed by atoms with E-state index in [0.717, 1.165) is 11.1 Å². The number of allylic oxidation sites excluding steroid dienone is 1. The Morgan fingerprint density at radius 3 is 2.29 bits per heavy atom. The summed E-state index contributed by atoms with van der Waals surface area (Å²) in [5.74, 6) is 0.573. The van der Waals surface area contributed by atoms with E-state index in [2.05, 4.69) is 19.2 Å². The van der Waals surface area contributed by atoms with Crippen LogP contribution >= 0.6 is 0 Å². The van der Waals surface area contributed by atoms with Crippen molar-refractivity contribution in [2.24, 2.45) is 11.3 Å². The molecule has 1 amide bonds. The highest BCUT2D eigenvalue weighted by Crippen LogP contribution is 2.45. The molecule has 6 heteroatoms. The number of alkyl carbamates (subject to hydrolysis) is 1. The third-order valence-corrected chi connectivity index (χ3v) is 6.41. The molecule has 0 fully saturated rings. The van der Waals surface area contributed by atoms with E-state index in [9.17, 15) is 9.59 Å². The quantitative estimate of drug-likeness (QED) is 0.585. The fourth-order valence-corrected chi connectivity index (χ4v) is 4.70. The zero-order valence-electron chi connectivity index (χ0n) is 20.1. The molecule has 1 aliphatic heterocycles. The Kier molecular flexibility index (Phi) is 7.37. The first kappa shape index (κ1) is 24.0. The Hall–Kier alpha value is -3.12. The van der Waals surface area contributed by atoms with Crippen LogP contribution in [0.5, 0.6) is 0 Å². The van der Waals surface area contributed by atoms with Gasteiger partial charge in [-0.3, -0.25) is 4.79 Å². The maximum absolute atomic E-state index is 13.1. The molecule has 3 atom stereocenters. The predicted molar refractivity (Wildman–Crippen MR) is 128 cm³/mol. The molecule has 0 saturated heterocycles. The second-order valence-corrected chi connectivity index (χ2v) is 9.96. The number of nitrogens with one attached hydrogen (secondary N) is 1. The second-order valence-electron chi connectivity index (χ2n) is 9.96. The number of amides is 1. The van der Waals surface area contributed by atoms with Crippen molar-refractivity contribution in [2.45, 2.75) is 65.6 Å². The van der Waals surface area contributed by atoms with Gasteiger partial charge in [-0.15, -0.1) is 0 Å². The number of ketones is 1. The Morgan fingerprint density at radius 1 is 1.03 bits per heavy atom. The lowest BCUT2D eigenvalue weighted by atomic mass is 9.71. The lowest BCUT2D eigenvalue weighted by Gasteiger charge is -2.42. The molecule has 0 radical (unpaired) electrons. The van der Waals surface area contributed by atoms with Gasteiger partial charge < -0.3 is 19.5 Å². The molecule has 0 aromatic heterocycles. The average molecular weight is 464 g/mol. The van der Waals surface area contributed by atoms with Gasteiger partial charge in [0.15, 0.2) is 12.1 Å². The summed E-state index contributed by atoms with van der Waals surface area (Å²) in [6.07, 6.45) is 0.622. The van der Waals surface area contributed by atoms with Gasteiger partial charge in [-0.1, -0.05) is 74.5 Å². The van der Waals surface area contributed by atoms with Crippen LogP contribution in [0, 0.1) is 11.3 Å². The molecule has 2 aromatic carbocycles. The molecule has 2 aromatic rings. The van der Waals surface area contributed by atoms with Gasteiger partial charge >= 0.3 is 6.09 Å². The van der Waals surface area contributed by atoms with Crippen molar-refractivity contribution in [1.29, 1.82) is 0 Å². The van der Waals surface area contributed by atoms with Crippen LogP contribution in [-0.2, 0) is 32.2 Å². The second kappa shape index (κ2) is 10.4. The summed E-state index contributed by atoms with van der Waals surface area (Å²) < 4.78 is 17.7. The number of carbonyl (C=O) groups is 2. The van der Waals surface area contributed by atoms with E-state index >= 15 is 0 Å². The minimum absolute atomic E-state index is 0.0871. The topological polar surface area (TPSA) is 73.9 Å². The molecule has 1 heterocycles. The minimum atomic E-state index is -0.504. The number of hydrogen-bond donors (Lipinski definition) is 1. The first-order valence-corrected chi connectivity index (χ1v) is 11.9. The minimum Gasteiger partial charge on any atom is -0.469 e. The zero-order chi connectivity index (χ0) is 24.1. The van der Waals surface area contributed by atoms with E-state index in [1.165, 1.54) is 0 Å². The van der Waals surface area contributed by atoms with Crippen molar-refractivity contribution in [3.8, 4) is 0 Å². The van der Waals surface area contributed by atoms with Crippen molar-refractivity contribution in [3.63, 3.8) is 0 Å². The van der Waals surface area contributed by atoms with Gasteiger partial charge in [0.1, 0.15) is 12.4 Å². The number of rotatable bonds is 7. The van der Waals surface area contributed by atoms with Gasteiger partial charge in [0.25, 0.3) is 0 Å². The fourth-order valence-electron chi connectivity index (χ4n) is 4.70.